The predicted molar refractivity (Wildman–Crippen MR) is 80.7 cm³/mol. The molecular formula is C13H18F2N2O4S2. The van der Waals surface area contributed by atoms with Gasteiger partial charge in [-0.15, -0.1) is 0 Å². The summed E-state index contributed by atoms with van der Waals surface area (Å²) in [7, 11) is -7.24. The van der Waals surface area contributed by atoms with Crippen LogP contribution in [0.4, 0.5) is 8.78 Å². The summed E-state index contributed by atoms with van der Waals surface area (Å²) in [5, 5.41) is 0. The summed E-state index contributed by atoms with van der Waals surface area (Å²) in [6.45, 7) is 0.762. The number of sulfonamides is 2. The largest absolute Gasteiger partial charge is 0.240 e. The van der Waals surface area contributed by atoms with Crippen LogP contribution in [0.25, 0.3) is 0 Å². The highest BCUT2D eigenvalue weighted by Gasteiger charge is 2.26. The van der Waals surface area contributed by atoms with Gasteiger partial charge in [-0.3, -0.25) is 0 Å². The molecule has 1 saturated heterocycles. The van der Waals surface area contributed by atoms with Gasteiger partial charge in [-0.2, -0.15) is 0 Å². The number of piperidine rings is 1. The minimum absolute atomic E-state index is 0.0267. The predicted octanol–water partition coefficient (Wildman–Crippen LogP) is 0.915. The topological polar surface area (TPSA) is 83.6 Å². The summed E-state index contributed by atoms with van der Waals surface area (Å²) in [6, 6.07) is 2.09. The van der Waals surface area contributed by atoms with Gasteiger partial charge >= 0.3 is 0 Å². The third-order valence-electron chi connectivity index (χ3n) is 3.75. The van der Waals surface area contributed by atoms with Crippen LogP contribution in [0.1, 0.15) is 12.8 Å². The number of hydrogen-bond donors (Lipinski definition) is 1. The lowest BCUT2D eigenvalue weighted by Gasteiger charge is -2.30. The third-order valence-corrected chi connectivity index (χ3v) is 6.46. The van der Waals surface area contributed by atoms with Crippen molar-refractivity contribution in [1.82, 2.24) is 9.03 Å². The van der Waals surface area contributed by atoms with Crippen LogP contribution < -0.4 is 4.72 Å². The van der Waals surface area contributed by atoms with Crippen LogP contribution in [-0.4, -0.2) is 47.0 Å². The summed E-state index contributed by atoms with van der Waals surface area (Å²) >= 11 is 0. The van der Waals surface area contributed by atoms with Crippen LogP contribution in [0.2, 0.25) is 0 Å². The van der Waals surface area contributed by atoms with Gasteiger partial charge in [0, 0.05) is 25.7 Å². The number of nitrogens with one attached hydrogen (secondary N) is 1. The van der Waals surface area contributed by atoms with Gasteiger partial charge in [0.1, 0.15) is 11.6 Å². The second-order valence-electron chi connectivity index (χ2n) is 5.56. The zero-order chi connectivity index (χ0) is 17.3. The number of rotatable bonds is 5. The SMILES string of the molecule is CS(=O)(=O)N1CCC(CNS(=O)(=O)c2cc(F)cc(F)c2)CC1. The van der Waals surface area contributed by atoms with E-state index in [2.05, 4.69) is 4.72 Å². The Bertz CT molecular complexity index is 753. The van der Waals surface area contributed by atoms with E-state index in [1.54, 1.807) is 0 Å². The molecule has 10 heteroatoms. The Hall–Kier alpha value is -1.10. The van der Waals surface area contributed by atoms with E-state index in [9.17, 15) is 25.6 Å². The molecule has 1 fully saturated rings. The zero-order valence-corrected chi connectivity index (χ0v) is 14.1. The molecule has 0 aliphatic carbocycles. The molecule has 0 unspecified atom stereocenters. The van der Waals surface area contributed by atoms with Crippen LogP contribution >= 0.6 is 0 Å². The molecule has 1 aromatic carbocycles. The number of halogens is 2. The minimum Gasteiger partial charge on any atom is -0.213 e. The van der Waals surface area contributed by atoms with Gasteiger partial charge in [0.25, 0.3) is 0 Å². The third kappa shape index (κ3) is 4.93. The zero-order valence-electron chi connectivity index (χ0n) is 12.5. The van der Waals surface area contributed by atoms with E-state index in [0.29, 0.717) is 32.0 Å². The normalized spacial score (nSPS) is 18.2. The van der Waals surface area contributed by atoms with E-state index in [0.717, 1.165) is 18.4 Å². The van der Waals surface area contributed by atoms with Crippen LogP contribution in [0.15, 0.2) is 23.1 Å². The molecule has 0 radical (unpaired) electrons. The first kappa shape index (κ1) is 18.2. The van der Waals surface area contributed by atoms with E-state index in [4.69, 9.17) is 0 Å². The van der Waals surface area contributed by atoms with E-state index in [1.807, 2.05) is 0 Å². The van der Waals surface area contributed by atoms with Gasteiger partial charge in [0.15, 0.2) is 0 Å². The summed E-state index contributed by atoms with van der Waals surface area (Å²) < 4.78 is 76.8. The molecule has 1 N–H and O–H groups in total. The smallest absolute Gasteiger partial charge is 0.213 e. The second kappa shape index (κ2) is 6.80. The molecule has 130 valence electrons. The number of hydrogen-bond acceptors (Lipinski definition) is 4. The lowest BCUT2D eigenvalue weighted by atomic mass is 9.99. The van der Waals surface area contributed by atoms with Crippen molar-refractivity contribution in [3.63, 3.8) is 0 Å². The summed E-state index contributed by atoms with van der Waals surface area (Å²) in [5.74, 6) is -1.96. The highest BCUT2D eigenvalue weighted by atomic mass is 32.2. The van der Waals surface area contributed by atoms with Gasteiger partial charge in [0.05, 0.1) is 11.2 Å². The molecule has 2 rings (SSSR count). The van der Waals surface area contributed by atoms with Gasteiger partial charge in [0.2, 0.25) is 20.0 Å². The maximum Gasteiger partial charge on any atom is 0.240 e. The maximum atomic E-state index is 13.1. The van der Waals surface area contributed by atoms with Crippen LogP contribution in [0, 0.1) is 17.6 Å². The molecule has 23 heavy (non-hydrogen) atoms. The lowest BCUT2D eigenvalue weighted by molar-refractivity contribution is 0.275. The first-order chi connectivity index (χ1) is 10.6. The Morgan fingerprint density at radius 1 is 1.09 bits per heavy atom. The van der Waals surface area contributed by atoms with Crippen molar-refractivity contribution in [2.24, 2.45) is 5.92 Å². The van der Waals surface area contributed by atoms with Crippen molar-refractivity contribution in [3.05, 3.63) is 29.8 Å². The maximum absolute atomic E-state index is 13.1. The average Bonchev–Trinajstić information content (AvgIpc) is 2.44. The second-order valence-corrected chi connectivity index (χ2v) is 9.31. The summed E-state index contributed by atoms with van der Waals surface area (Å²) in [6.07, 6.45) is 2.18. The van der Waals surface area contributed by atoms with Crippen molar-refractivity contribution >= 4 is 20.0 Å². The fourth-order valence-corrected chi connectivity index (χ4v) is 4.47. The van der Waals surface area contributed by atoms with Crippen molar-refractivity contribution in [3.8, 4) is 0 Å². The quantitative estimate of drug-likeness (QED) is 0.838. The molecular weight excluding hydrogens is 350 g/mol. The van der Waals surface area contributed by atoms with E-state index < -0.39 is 36.6 Å². The fourth-order valence-electron chi connectivity index (χ4n) is 2.44. The first-order valence-corrected chi connectivity index (χ1v) is 10.3. The average molecular weight is 368 g/mol. The molecule has 0 saturated carbocycles. The molecule has 0 aromatic heterocycles. The van der Waals surface area contributed by atoms with Crippen LogP contribution in [0.5, 0.6) is 0 Å². The van der Waals surface area contributed by atoms with Crippen LogP contribution in [-0.2, 0) is 20.0 Å². The molecule has 6 nitrogen and oxygen atoms in total. The van der Waals surface area contributed by atoms with Gasteiger partial charge in [-0.25, -0.2) is 34.6 Å². The molecule has 1 heterocycles. The molecule has 0 amide bonds. The molecule has 0 bridgehead atoms. The van der Waals surface area contributed by atoms with Crippen molar-refractivity contribution in [1.29, 1.82) is 0 Å². The van der Waals surface area contributed by atoms with Gasteiger partial charge in [-0.1, -0.05) is 0 Å². The molecule has 0 spiro atoms. The fraction of sp³-hybridized carbons (Fsp3) is 0.538. The highest BCUT2D eigenvalue weighted by Crippen LogP contribution is 2.20. The Balaban J connectivity index is 1.96. The van der Waals surface area contributed by atoms with Crippen molar-refractivity contribution < 1.29 is 25.6 Å². The van der Waals surface area contributed by atoms with Gasteiger partial charge in [-0.05, 0) is 30.9 Å². The molecule has 1 aromatic rings. The summed E-state index contributed by atoms with van der Waals surface area (Å²) in [5.41, 5.74) is 0. The van der Waals surface area contributed by atoms with Crippen LogP contribution in [0.3, 0.4) is 0 Å². The van der Waals surface area contributed by atoms with E-state index >= 15 is 0 Å². The first-order valence-electron chi connectivity index (χ1n) is 6.99. The molecule has 1 aliphatic rings. The number of benzene rings is 1. The summed E-state index contributed by atoms with van der Waals surface area (Å²) in [4.78, 5) is -0.469. The monoisotopic (exact) mass is 368 g/mol. The Labute approximate surface area is 134 Å². The standard InChI is InChI=1S/C13H18F2N2O4S2/c1-22(18,19)17-4-2-10(3-5-17)9-16-23(20,21)13-7-11(14)6-12(15)8-13/h6-8,10,16H,2-5,9H2,1H3. The Morgan fingerprint density at radius 2 is 1.61 bits per heavy atom. The van der Waals surface area contributed by atoms with Crippen molar-refractivity contribution in [2.75, 3.05) is 25.9 Å². The van der Waals surface area contributed by atoms with Crippen molar-refractivity contribution in [2.45, 2.75) is 17.7 Å². The van der Waals surface area contributed by atoms with E-state index in [1.165, 1.54) is 4.31 Å². The number of nitrogens with zero attached hydrogens (tertiary/aromatic N) is 1. The highest BCUT2D eigenvalue weighted by molar-refractivity contribution is 7.89. The molecule has 1 aliphatic heterocycles. The Kier molecular flexibility index (Phi) is 5.39. The molecule has 0 atom stereocenters. The van der Waals surface area contributed by atoms with E-state index in [-0.39, 0.29) is 12.5 Å². The lowest BCUT2D eigenvalue weighted by Crippen LogP contribution is -2.41. The van der Waals surface area contributed by atoms with Gasteiger partial charge < -0.3 is 0 Å². The Morgan fingerprint density at radius 3 is 2.09 bits per heavy atom. The minimum atomic E-state index is -4.01.